The van der Waals surface area contributed by atoms with Crippen molar-refractivity contribution < 1.29 is 8.78 Å². The molecule has 0 bridgehead atoms. The maximum absolute atomic E-state index is 13.9. The van der Waals surface area contributed by atoms with Crippen molar-refractivity contribution in [2.75, 3.05) is 11.1 Å². The standard InChI is InChI=1S/C21H15F2N7/c1-11(29-21-16(9-24)20(25)27-10-28-21)15-8-18-17(3-2-4-26-18)30-19(15)12-5-13(22)7-14(23)6-12/h2-8,10-11H,1H3,(H3,25,27,28,29)/t11-/m0/s1. The first-order valence-corrected chi connectivity index (χ1v) is 8.95. The number of hydrogen-bond acceptors (Lipinski definition) is 7. The normalized spacial score (nSPS) is 11.8. The second-order valence-electron chi connectivity index (χ2n) is 6.59. The van der Waals surface area contributed by atoms with E-state index in [2.05, 4.69) is 25.3 Å². The van der Waals surface area contributed by atoms with Crippen molar-refractivity contribution in [3.05, 3.63) is 71.7 Å². The third kappa shape index (κ3) is 3.58. The number of fused-ring (bicyclic) bond motifs is 1. The predicted molar refractivity (Wildman–Crippen MR) is 108 cm³/mol. The van der Waals surface area contributed by atoms with Gasteiger partial charge in [-0.05, 0) is 37.3 Å². The summed E-state index contributed by atoms with van der Waals surface area (Å²) in [4.78, 5) is 16.8. The summed E-state index contributed by atoms with van der Waals surface area (Å²) >= 11 is 0. The summed E-state index contributed by atoms with van der Waals surface area (Å²) in [5.41, 5.74) is 8.34. The van der Waals surface area contributed by atoms with Gasteiger partial charge in [0.05, 0.1) is 22.8 Å². The molecule has 0 radical (unpaired) electrons. The molecule has 3 aromatic heterocycles. The van der Waals surface area contributed by atoms with E-state index in [4.69, 9.17) is 5.73 Å². The van der Waals surface area contributed by atoms with E-state index >= 15 is 0 Å². The van der Waals surface area contributed by atoms with Gasteiger partial charge in [0.1, 0.15) is 41.2 Å². The fourth-order valence-corrected chi connectivity index (χ4v) is 3.17. The minimum atomic E-state index is -0.708. The number of nitrogen functional groups attached to an aromatic ring is 1. The Labute approximate surface area is 170 Å². The van der Waals surface area contributed by atoms with Crippen LogP contribution in [0.3, 0.4) is 0 Å². The molecule has 4 aromatic rings. The molecule has 7 nitrogen and oxygen atoms in total. The number of rotatable bonds is 4. The lowest BCUT2D eigenvalue weighted by atomic mass is 9.99. The number of aromatic nitrogens is 4. The maximum Gasteiger partial charge on any atom is 0.150 e. The number of nitrogens with one attached hydrogen (secondary N) is 1. The number of pyridine rings is 2. The molecule has 148 valence electrons. The minimum absolute atomic E-state index is 0.0490. The molecule has 9 heteroatoms. The molecule has 0 saturated heterocycles. The number of nitriles is 1. The molecule has 0 fully saturated rings. The van der Waals surface area contributed by atoms with Gasteiger partial charge in [-0.15, -0.1) is 0 Å². The topological polar surface area (TPSA) is 113 Å². The number of nitrogens with two attached hydrogens (primary N) is 1. The van der Waals surface area contributed by atoms with Crippen LogP contribution in [0.5, 0.6) is 0 Å². The molecule has 0 saturated carbocycles. The maximum atomic E-state index is 13.9. The van der Waals surface area contributed by atoms with Crippen LogP contribution in [-0.2, 0) is 0 Å². The zero-order chi connectivity index (χ0) is 21.3. The van der Waals surface area contributed by atoms with Gasteiger partial charge in [-0.25, -0.2) is 23.7 Å². The molecule has 1 atom stereocenters. The van der Waals surface area contributed by atoms with E-state index in [9.17, 15) is 14.0 Å². The van der Waals surface area contributed by atoms with E-state index in [0.717, 1.165) is 6.07 Å². The number of halogens is 2. The van der Waals surface area contributed by atoms with Gasteiger partial charge >= 0.3 is 0 Å². The van der Waals surface area contributed by atoms with Crippen molar-refractivity contribution in [2.45, 2.75) is 13.0 Å². The van der Waals surface area contributed by atoms with Gasteiger partial charge in [-0.3, -0.25) is 4.98 Å². The van der Waals surface area contributed by atoms with Gasteiger partial charge in [0.2, 0.25) is 0 Å². The Kier molecular flexibility index (Phi) is 4.90. The number of hydrogen-bond donors (Lipinski definition) is 2. The van der Waals surface area contributed by atoms with Crippen molar-refractivity contribution in [1.29, 1.82) is 5.26 Å². The van der Waals surface area contributed by atoms with Gasteiger partial charge in [0, 0.05) is 23.4 Å². The second kappa shape index (κ2) is 7.67. The first kappa shape index (κ1) is 19.1. The number of nitrogens with zero attached hydrogens (tertiary/aromatic N) is 5. The quantitative estimate of drug-likeness (QED) is 0.529. The van der Waals surface area contributed by atoms with Crippen molar-refractivity contribution in [3.8, 4) is 17.3 Å². The molecule has 0 spiro atoms. The SMILES string of the molecule is C[C@H](Nc1ncnc(N)c1C#N)c1cc2ncccc2nc1-c1cc(F)cc(F)c1. The van der Waals surface area contributed by atoms with E-state index in [0.29, 0.717) is 22.3 Å². The van der Waals surface area contributed by atoms with Crippen LogP contribution in [0.1, 0.15) is 24.1 Å². The molecular weight excluding hydrogens is 388 g/mol. The van der Waals surface area contributed by atoms with Gasteiger partial charge in [-0.2, -0.15) is 5.26 Å². The summed E-state index contributed by atoms with van der Waals surface area (Å²) in [5.74, 6) is -1.12. The molecule has 1 aromatic carbocycles. The lowest BCUT2D eigenvalue weighted by Crippen LogP contribution is -2.13. The van der Waals surface area contributed by atoms with Crippen molar-refractivity contribution >= 4 is 22.7 Å². The summed E-state index contributed by atoms with van der Waals surface area (Å²) in [7, 11) is 0. The van der Waals surface area contributed by atoms with Gasteiger partial charge in [0.25, 0.3) is 0 Å². The van der Waals surface area contributed by atoms with Crippen molar-refractivity contribution in [2.24, 2.45) is 0 Å². The molecule has 0 unspecified atom stereocenters. The third-order valence-corrected chi connectivity index (χ3v) is 4.56. The fourth-order valence-electron chi connectivity index (χ4n) is 3.17. The summed E-state index contributed by atoms with van der Waals surface area (Å²) < 4.78 is 27.8. The first-order valence-electron chi connectivity index (χ1n) is 8.95. The van der Waals surface area contributed by atoms with Crippen LogP contribution in [0.25, 0.3) is 22.3 Å². The Morgan fingerprint density at radius 1 is 1.07 bits per heavy atom. The molecular formula is C21H15F2N7. The average Bonchev–Trinajstić information content (AvgIpc) is 2.72. The van der Waals surface area contributed by atoms with Crippen LogP contribution in [0.4, 0.5) is 20.4 Å². The Hall–Kier alpha value is -4.19. The van der Waals surface area contributed by atoms with Gasteiger partial charge < -0.3 is 11.1 Å². The lowest BCUT2D eigenvalue weighted by Gasteiger charge is -2.19. The van der Waals surface area contributed by atoms with Crippen molar-refractivity contribution in [1.82, 2.24) is 19.9 Å². The highest BCUT2D eigenvalue weighted by molar-refractivity contribution is 5.80. The molecule has 0 aliphatic carbocycles. The average molecular weight is 403 g/mol. The molecule has 0 amide bonds. The highest BCUT2D eigenvalue weighted by Gasteiger charge is 2.19. The highest BCUT2D eigenvalue weighted by Crippen LogP contribution is 2.32. The second-order valence-corrected chi connectivity index (χ2v) is 6.59. The zero-order valence-corrected chi connectivity index (χ0v) is 15.8. The Balaban J connectivity index is 1.87. The zero-order valence-electron chi connectivity index (χ0n) is 15.8. The fraction of sp³-hybridized carbons (Fsp3) is 0.0952. The van der Waals surface area contributed by atoms with Crippen LogP contribution >= 0.6 is 0 Å². The van der Waals surface area contributed by atoms with Gasteiger partial charge in [0.15, 0.2) is 0 Å². The monoisotopic (exact) mass is 403 g/mol. The van der Waals surface area contributed by atoms with Crippen LogP contribution in [0.2, 0.25) is 0 Å². The Morgan fingerprint density at radius 3 is 2.57 bits per heavy atom. The summed E-state index contributed by atoms with van der Waals surface area (Å²) in [6.45, 7) is 1.81. The highest BCUT2D eigenvalue weighted by atomic mass is 19.1. The van der Waals surface area contributed by atoms with E-state index in [-0.39, 0.29) is 22.8 Å². The molecule has 4 rings (SSSR count). The summed E-state index contributed by atoms with van der Waals surface area (Å²) in [6, 6.07) is 10.0. The predicted octanol–water partition coefficient (Wildman–Crippen LogP) is 3.99. The van der Waals surface area contributed by atoms with Gasteiger partial charge in [-0.1, -0.05) is 0 Å². The first-order chi connectivity index (χ1) is 14.5. The van der Waals surface area contributed by atoms with Crippen LogP contribution in [-0.4, -0.2) is 19.9 Å². The molecule has 0 aliphatic rings. The molecule has 3 heterocycles. The van der Waals surface area contributed by atoms with E-state index in [1.165, 1.54) is 18.5 Å². The molecule has 3 N–H and O–H groups in total. The van der Waals surface area contributed by atoms with Crippen LogP contribution < -0.4 is 11.1 Å². The molecule has 30 heavy (non-hydrogen) atoms. The minimum Gasteiger partial charge on any atom is -0.382 e. The Morgan fingerprint density at radius 2 is 1.83 bits per heavy atom. The lowest BCUT2D eigenvalue weighted by molar-refractivity contribution is 0.584. The van der Waals surface area contributed by atoms with E-state index in [1.807, 2.05) is 13.0 Å². The summed E-state index contributed by atoms with van der Waals surface area (Å²) in [5, 5.41) is 12.5. The van der Waals surface area contributed by atoms with E-state index < -0.39 is 17.7 Å². The number of benzene rings is 1. The number of anilines is 2. The molecule has 0 aliphatic heterocycles. The Bertz CT molecular complexity index is 1280. The largest absolute Gasteiger partial charge is 0.382 e. The third-order valence-electron chi connectivity index (χ3n) is 4.56. The van der Waals surface area contributed by atoms with Crippen molar-refractivity contribution in [3.63, 3.8) is 0 Å². The van der Waals surface area contributed by atoms with Crippen LogP contribution in [0, 0.1) is 23.0 Å². The van der Waals surface area contributed by atoms with E-state index in [1.54, 1.807) is 24.4 Å². The van der Waals surface area contributed by atoms with Crippen LogP contribution in [0.15, 0.2) is 48.9 Å². The smallest absolute Gasteiger partial charge is 0.150 e. The summed E-state index contributed by atoms with van der Waals surface area (Å²) in [6.07, 6.45) is 2.88.